The number of aliphatic hydroxyl groups is 1. The SMILES string of the molecule is C[C@@H](O)[C@@H](C(=O)O)[C@@H](c1ccccc1)[Si](C)(C)c1ccccc1. The smallest absolute Gasteiger partial charge is 0.309 e. The van der Waals surface area contributed by atoms with E-state index in [-0.39, 0.29) is 5.54 Å². The molecule has 0 aromatic heterocycles. The van der Waals surface area contributed by atoms with Gasteiger partial charge in [0, 0.05) is 0 Å². The number of aliphatic hydroxyl groups excluding tert-OH is 1. The van der Waals surface area contributed by atoms with E-state index in [1.165, 1.54) is 5.19 Å². The normalized spacial score (nSPS) is 15.7. The van der Waals surface area contributed by atoms with Crippen molar-refractivity contribution in [3.05, 3.63) is 66.2 Å². The molecular weight excluding hydrogens is 304 g/mol. The summed E-state index contributed by atoms with van der Waals surface area (Å²) in [7, 11) is -2.18. The van der Waals surface area contributed by atoms with Crippen LogP contribution in [0.15, 0.2) is 60.7 Å². The molecule has 0 radical (unpaired) electrons. The second-order valence-corrected chi connectivity index (χ2v) is 11.2. The van der Waals surface area contributed by atoms with Crippen molar-refractivity contribution in [3.8, 4) is 0 Å². The van der Waals surface area contributed by atoms with E-state index in [1.54, 1.807) is 6.92 Å². The molecule has 0 saturated carbocycles. The molecule has 0 aliphatic rings. The van der Waals surface area contributed by atoms with Crippen molar-refractivity contribution in [3.63, 3.8) is 0 Å². The van der Waals surface area contributed by atoms with Crippen LogP contribution < -0.4 is 5.19 Å². The fraction of sp³-hybridized carbons (Fsp3) is 0.316. The second kappa shape index (κ2) is 7.11. The van der Waals surface area contributed by atoms with Gasteiger partial charge < -0.3 is 10.2 Å². The molecule has 0 spiro atoms. The first-order chi connectivity index (χ1) is 10.9. The van der Waals surface area contributed by atoms with Crippen molar-refractivity contribution in [2.24, 2.45) is 5.92 Å². The van der Waals surface area contributed by atoms with Crippen LogP contribution in [0.3, 0.4) is 0 Å². The van der Waals surface area contributed by atoms with Crippen molar-refractivity contribution in [1.82, 2.24) is 0 Å². The van der Waals surface area contributed by atoms with Gasteiger partial charge >= 0.3 is 5.97 Å². The third-order valence-corrected chi connectivity index (χ3v) is 8.69. The van der Waals surface area contributed by atoms with Crippen molar-refractivity contribution in [2.45, 2.75) is 31.7 Å². The van der Waals surface area contributed by atoms with E-state index >= 15 is 0 Å². The predicted molar refractivity (Wildman–Crippen MR) is 95.5 cm³/mol. The van der Waals surface area contributed by atoms with Crippen LogP contribution in [0.1, 0.15) is 18.0 Å². The fourth-order valence-corrected chi connectivity index (χ4v) is 7.16. The second-order valence-electron chi connectivity index (χ2n) is 6.58. The first-order valence-electron chi connectivity index (χ1n) is 7.87. The Labute approximate surface area is 138 Å². The summed E-state index contributed by atoms with van der Waals surface area (Å²) < 4.78 is 0. The zero-order valence-corrected chi connectivity index (χ0v) is 14.8. The minimum absolute atomic E-state index is 0.205. The van der Waals surface area contributed by atoms with Crippen LogP contribution in [0.2, 0.25) is 13.1 Å². The van der Waals surface area contributed by atoms with Gasteiger partial charge in [-0.15, -0.1) is 0 Å². The standard InChI is InChI=1S/C19H24O3Si/c1-14(20)17(19(21)22)18(15-10-6-4-7-11-15)23(2,3)16-12-8-5-9-13-16/h4-14,17-18,20H,1-3H3,(H,21,22)/t14-,17-,18-/m1/s1. The molecule has 0 amide bonds. The Morgan fingerprint density at radius 2 is 1.43 bits per heavy atom. The van der Waals surface area contributed by atoms with Gasteiger partial charge in [-0.25, -0.2) is 0 Å². The Hall–Kier alpha value is -1.91. The number of hydrogen-bond donors (Lipinski definition) is 2. The summed E-state index contributed by atoms with van der Waals surface area (Å²) in [5.41, 5.74) is 0.782. The highest BCUT2D eigenvalue weighted by atomic mass is 28.3. The van der Waals surface area contributed by atoms with Crippen LogP contribution in [0.5, 0.6) is 0 Å². The largest absolute Gasteiger partial charge is 0.481 e. The van der Waals surface area contributed by atoms with E-state index < -0.39 is 26.1 Å². The third kappa shape index (κ3) is 3.71. The van der Waals surface area contributed by atoms with Crippen molar-refractivity contribution < 1.29 is 15.0 Å². The summed E-state index contributed by atoms with van der Waals surface area (Å²) in [5, 5.41) is 21.1. The summed E-state index contributed by atoms with van der Waals surface area (Å²) in [4.78, 5) is 11.9. The topological polar surface area (TPSA) is 57.5 Å². The highest BCUT2D eigenvalue weighted by Crippen LogP contribution is 2.36. The average molecular weight is 328 g/mol. The van der Waals surface area contributed by atoms with Gasteiger partial charge in [-0.3, -0.25) is 4.79 Å². The Morgan fingerprint density at radius 3 is 1.87 bits per heavy atom. The quantitative estimate of drug-likeness (QED) is 0.802. The molecule has 2 rings (SSSR count). The molecule has 3 atom stereocenters. The number of hydrogen-bond acceptors (Lipinski definition) is 2. The zero-order valence-electron chi connectivity index (χ0n) is 13.8. The van der Waals surface area contributed by atoms with Gasteiger partial charge in [-0.05, 0) is 18.0 Å². The molecule has 0 aliphatic carbocycles. The van der Waals surface area contributed by atoms with Crippen LogP contribution in [-0.4, -0.2) is 30.4 Å². The van der Waals surface area contributed by atoms with Gasteiger partial charge in [-0.2, -0.15) is 0 Å². The van der Waals surface area contributed by atoms with Crippen LogP contribution in [0, 0.1) is 5.92 Å². The molecule has 2 aromatic carbocycles. The molecule has 23 heavy (non-hydrogen) atoms. The average Bonchev–Trinajstić information content (AvgIpc) is 2.53. The Morgan fingerprint density at radius 1 is 0.957 bits per heavy atom. The lowest BCUT2D eigenvalue weighted by Crippen LogP contribution is -2.53. The van der Waals surface area contributed by atoms with Crippen molar-refractivity contribution in [1.29, 1.82) is 0 Å². The van der Waals surface area contributed by atoms with E-state index in [0.717, 1.165) is 5.56 Å². The van der Waals surface area contributed by atoms with Crippen LogP contribution in [-0.2, 0) is 4.79 Å². The van der Waals surface area contributed by atoms with Gasteiger partial charge in [0.2, 0.25) is 0 Å². The molecule has 0 unspecified atom stereocenters. The van der Waals surface area contributed by atoms with Crippen LogP contribution in [0.4, 0.5) is 0 Å². The van der Waals surface area contributed by atoms with E-state index in [1.807, 2.05) is 48.5 Å². The number of carbonyl (C=O) groups is 1. The van der Waals surface area contributed by atoms with E-state index in [9.17, 15) is 15.0 Å². The minimum atomic E-state index is -2.18. The predicted octanol–water partition coefficient (Wildman–Crippen LogP) is 3.01. The summed E-state index contributed by atoms with van der Waals surface area (Å²) in [5.74, 6) is -1.76. The summed E-state index contributed by atoms with van der Waals surface area (Å²) >= 11 is 0. The van der Waals surface area contributed by atoms with Crippen molar-refractivity contribution >= 4 is 19.2 Å². The lowest BCUT2D eigenvalue weighted by molar-refractivity contribution is -0.145. The molecular formula is C19H24O3Si. The van der Waals surface area contributed by atoms with E-state index in [0.29, 0.717) is 0 Å². The van der Waals surface area contributed by atoms with Crippen LogP contribution in [0.25, 0.3) is 0 Å². The molecule has 0 aliphatic heterocycles. The first kappa shape index (κ1) is 17.4. The molecule has 0 heterocycles. The number of carboxylic acid groups (broad SMARTS) is 1. The molecule has 122 valence electrons. The fourth-order valence-electron chi connectivity index (χ4n) is 3.41. The highest BCUT2D eigenvalue weighted by molar-refractivity contribution is 6.91. The maximum absolute atomic E-state index is 11.9. The zero-order chi connectivity index (χ0) is 17.0. The van der Waals surface area contributed by atoms with Gasteiger partial charge in [0.05, 0.1) is 20.1 Å². The third-order valence-electron chi connectivity index (χ3n) is 4.62. The van der Waals surface area contributed by atoms with Gasteiger partial charge in [0.15, 0.2) is 0 Å². The molecule has 0 bridgehead atoms. The highest BCUT2D eigenvalue weighted by Gasteiger charge is 2.44. The Balaban J connectivity index is 2.60. The maximum Gasteiger partial charge on any atom is 0.309 e. The van der Waals surface area contributed by atoms with Gasteiger partial charge in [-0.1, -0.05) is 78.9 Å². The molecule has 2 N–H and O–H groups in total. The van der Waals surface area contributed by atoms with Gasteiger partial charge in [0.1, 0.15) is 0 Å². The Kier molecular flexibility index (Phi) is 5.39. The van der Waals surface area contributed by atoms with Crippen molar-refractivity contribution in [2.75, 3.05) is 0 Å². The van der Waals surface area contributed by atoms with E-state index in [4.69, 9.17) is 0 Å². The number of benzene rings is 2. The van der Waals surface area contributed by atoms with E-state index in [2.05, 4.69) is 25.2 Å². The molecule has 4 heteroatoms. The molecule has 0 saturated heterocycles. The number of rotatable bonds is 6. The summed E-state index contributed by atoms with van der Waals surface area (Å²) in [6.07, 6.45) is -0.909. The number of aliphatic carboxylic acids is 1. The Bertz CT molecular complexity index is 638. The maximum atomic E-state index is 11.9. The molecule has 2 aromatic rings. The van der Waals surface area contributed by atoms with Crippen LogP contribution >= 0.6 is 0 Å². The van der Waals surface area contributed by atoms with Gasteiger partial charge in [0.25, 0.3) is 0 Å². The lowest BCUT2D eigenvalue weighted by Gasteiger charge is -2.38. The lowest BCUT2D eigenvalue weighted by atomic mass is 9.94. The molecule has 3 nitrogen and oxygen atoms in total. The minimum Gasteiger partial charge on any atom is -0.481 e. The first-order valence-corrected chi connectivity index (χ1v) is 10.9. The molecule has 0 fully saturated rings. The summed E-state index contributed by atoms with van der Waals surface area (Å²) in [6.45, 7) is 5.93. The summed E-state index contributed by atoms with van der Waals surface area (Å²) in [6, 6.07) is 19.8. The monoisotopic (exact) mass is 328 g/mol. The number of carboxylic acids is 1.